The Kier molecular flexibility index (Phi) is 7.18. The number of nitrogens with zero attached hydrogens (tertiary/aromatic N) is 1. The van der Waals surface area contributed by atoms with Crippen LogP contribution in [0.1, 0.15) is 34.6 Å². The molecule has 2 fully saturated rings. The number of benzene rings is 1. The van der Waals surface area contributed by atoms with Crippen molar-refractivity contribution >= 4 is 28.6 Å². The van der Waals surface area contributed by atoms with Gasteiger partial charge in [0.05, 0.1) is 29.9 Å². The molecule has 2 aromatic heterocycles. The Morgan fingerprint density at radius 3 is 2.24 bits per heavy atom. The van der Waals surface area contributed by atoms with Crippen molar-refractivity contribution in [3.63, 3.8) is 0 Å². The molecule has 2 heterocycles. The lowest BCUT2D eigenvalue weighted by molar-refractivity contribution is -0.932. The molecule has 7 heteroatoms. The lowest BCUT2D eigenvalue weighted by Gasteiger charge is -2.39. The van der Waals surface area contributed by atoms with Gasteiger partial charge in [0.2, 0.25) is 5.60 Å². The lowest BCUT2D eigenvalue weighted by atomic mass is 9.96. The summed E-state index contributed by atoms with van der Waals surface area (Å²) < 4.78 is 7.04. The number of fused-ring (bicyclic) bond motifs is 2. The molecule has 1 aromatic carbocycles. The second kappa shape index (κ2) is 9.62. The summed E-state index contributed by atoms with van der Waals surface area (Å²) in [4.78, 5) is 14.7. The fourth-order valence-corrected chi connectivity index (χ4v) is 7.85. The van der Waals surface area contributed by atoms with Crippen LogP contribution in [-0.2, 0) is 21.7 Å². The van der Waals surface area contributed by atoms with Gasteiger partial charge >= 0.3 is 5.97 Å². The number of thiophene rings is 2. The average Bonchev–Trinajstić information content (AvgIpc) is 3.58. The summed E-state index contributed by atoms with van der Waals surface area (Å²) in [5.41, 5.74) is -0.393. The number of hydrogen-bond acceptors (Lipinski definition) is 5. The van der Waals surface area contributed by atoms with Gasteiger partial charge in [0, 0.05) is 17.4 Å². The fourth-order valence-electron chi connectivity index (χ4n) is 6.13. The molecule has 0 spiro atoms. The van der Waals surface area contributed by atoms with Gasteiger partial charge in [-0.05, 0) is 42.2 Å². The van der Waals surface area contributed by atoms with Gasteiger partial charge < -0.3 is 31.3 Å². The van der Waals surface area contributed by atoms with Gasteiger partial charge in [-0.2, -0.15) is 0 Å². The average molecular weight is 549 g/mol. The molecule has 5 rings (SSSR count). The van der Waals surface area contributed by atoms with E-state index in [1.165, 1.54) is 34.7 Å². The van der Waals surface area contributed by atoms with Crippen molar-refractivity contribution < 1.29 is 36.1 Å². The summed E-state index contributed by atoms with van der Waals surface area (Å²) in [6, 6.07) is 18.5. The number of ether oxygens (including phenoxy) is 1. The molecular formula is C26H30BrNO3S2. The van der Waals surface area contributed by atoms with E-state index < -0.39 is 11.6 Å². The SMILES string of the molecule is C[N+](C)(Cc1ccccc1)C1C2CC[C@@H]1[C@H](OC(=O)C(O)(c1cccs1)c1cccs1)C2.[Br-]. The Morgan fingerprint density at radius 2 is 1.67 bits per heavy atom. The molecule has 2 bridgehead atoms. The van der Waals surface area contributed by atoms with Gasteiger partial charge in [-0.3, -0.25) is 0 Å². The predicted molar refractivity (Wildman–Crippen MR) is 128 cm³/mol. The first-order valence-electron chi connectivity index (χ1n) is 11.3. The number of carbonyl (C=O) groups excluding carboxylic acids is 1. The number of esters is 1. The first-order valence-corrected chi connectivity index (χ1v) is 13.0. The number of hydrogen-bond donors (Lipinski definition) is 1. The summed E-state index contributed by atoms with van der Waals surface area (Å²) >= 11 is 2.78. The summed E-state index contributed by atoms with van der Waals surface area (Å²) in [5, 5.41) is 15.4. The first-order chi connectivity index (χ1) is 15.4. The number of carbonyl (C=O) groups is 1. The maximum Gasteiger partial charge on any atom is 0.349 e. The number of aliphatic hydroxyl groups is 1. The molecule has 2 aliphatic carbocycles. The van der Waals surface area contributed by atoms with E-state index in [0.717, 1.165) is 23.9 Å². The van der Waals surface area contributed by atoms with Gasteiger partial charge in [0.15, 0.2) is 0 Å². The standard InChI is InChI=1S/C26H30NO3S2.BrH/c1-27(2,17-18-8-4-3-5-9-18)24-19-12-13-20(24)21(16-19)30-25(28)26(29,22-10-6-14-31-22)23-11-7-15-32-23;/h3-11,14-15,19-21,24,29H,12-13,16-17H2,1-2H3;1H/q+1;/p-1/t19?,20-,21-,24?;/m1./s1. The topological polar surface area (TPSA) is 46.5 Å². The third-order valence-corrected chi connectivity index (χ3v) is 9.31. The van der Waals surface area contributed by atoms with Crippen molar-refractivity contribution in [3.8, 4) is 0 Å². The third-order valence-electron chi connectivity index (χ3n) is 7.35. The smallest absolute Gasteiger partial charge is 0.349 e. The van der Waals surface area contributed by atoms with E-state index in [4.69, 9.17) is 4.74 Å². The molecule has 176 valence electrons. The Balaban J connectivity index is 0.00000259. The van der Waals surface area contributed by atoms with Crippen LogP contribution < -0.4 is 17.0 Å². The van der Waals surface area contributed by atoms with Crippen LogP contribution in [0.4, 0.5) is 0 Å². The van der Waals surface area contributed by atoms with Crippen molar-refractivity contribution in [1.82, 2.24) is 0 Å². The molecular weight excluding hydrogens is 518 g/mol. The van der Waals surface area contributed by atoms with Crippen molar-refractivity contribution in [3.05, 3.63) is 80.7 Å². The molecule has 4 nitrogen and oxygen atoms in total. The van der Waals surface area contributed by atoms with Crippen LogP contribution in [0.2, 0.25) is 0 Å². The number of halogens is 1. The third kappa shape index (κ3) is 4.46. The van der Waals surface area contributed by atoms with Crippen LogP contribution in [0.25, 0.3) is 0 Å². The molecule has 3 aromatic rings. The Labute approximate surface area is 214 Å². The molecule has 0 aliphatic heterocycles. The van der Waals surface area contributed by atoms with Gasteiger partial charge in [-0.15, -0.1) is 22.7 Å². The molecule has 1 N–H and O–H groups in total. The summed E-state index contributed by atoms with van der Waals surface area (Å²) in [7, 11) is 4.61. The molecule has 2 saturated carbocycles. The highest BCUT2D eigenvalue weighted by Gasteiger charge is 2.58. The predicted octanol–water partition coefficient (Wildman–Crippen LogP) is 2.04. The molecule has 2 unspecified atom stereocenters. The van der Waals surface area contributed by atoms with E-state index in [1.807, 2.05) is 35.0 Å². The van der Waals surface area contributed by atoms with Crippen molar-refractivity contribution in [2.24, 2.45) is 11.8 Å². The zero-order valence-corrected chi connectivity index (χ0v) is 22.1. The molecule has 0 radical (unpaired) electrons. The van der Waals surface area contributed by atoms with Crippen molar-refractivity contribution in [2.75, 3.05) is 14.1 Å². The van der Waals surface area contributed by atoms with Crippen LogP contribution in [0.3, 0.4) is 0 Å². The van der Waals surface area contributed by atoms with Gasteiger partial charge in [0.25, 0.3) is 0 Å². The van der Waals surface area contributed by atoms with E-state index >= 15 is 0 Å². The highest BCUT2D eigenvalue weighted by atomic mass is 79.9. The lowest BCUT2D eigenvalue weighted by Crippen LogP contribution is -3.00. The molecule has 2 aliphatic rings. The Bertz CT molecular complexity index is 1020. The minimum absolute atomic E-state index is 0. The van der Waals surface area contributed by atoms with Gasteiger partial charge in [-0.1, -0.05) is 42.5 Å². The van der Waals surface area contributed by atoms with Crippen molar-refractivity contribution in [1.29, 1.82) is 0 Å². The van der Waals surface area contributed by atoms with Gasteiger partial charge in [0.1, 0.15) is 12.6 Å². The minimum atomic E-state index is -1.73. The second-order valence-corrected chi connectivity index (χ2v) is 11.7. The maximum absolute atomic E-state index is 13.5. The first kappa shape index (κ1) is 24.6. The highest BCUT2D eigenvalue weighted by molar-refractivity contribution is 7.12. The van der Waals surface area contributed by atoms with E-state index in [9.17, 15) is 9.90 Å². The Morgan fingerprint density at radius 1 is 1.03 bits per heavy atom. The number of quaternary nitrogens is 1. The second-order valence-electron chi connectivity index (χ2n) is 9.76. The minimum Gasteiger partial charge on any atom is -1.00 e. The fraction of sp³-hybridized carbons (Fsp3) is 0.423. The Hall–Kier alpha value is -1.51. The summed E-state index contributed by atoms with van der Waals surface area (Å²) in [6.07, 6.45) is 3.04. The maximum atomic E-state index is 13.5. The van der Waals surface area contributed by atoms with Crippen LogP contribution in [0.5, 0.6) is 0 Å². The number of rotatable bonds is 7. The molecule has 0 amide bonds. The zero-order valence-electron chi connectivity index (χ0n) is 18.9. The zero-order chi connectivity index (χ0) is 22.3. The van der Waals surface area contributed by atoms with Crippen molar-refractivity contribution in [2.45, 2.75) is 43.6 Å². The van der Waals surface area contributed by atoms with Gasteiger partial charge in [-0.25, -0.2) is 4.79 Å². The van der Waals surface area contributed by atoms with E-state index in [2.05, 4.69) is 44.4 Å². The largest absolute Gasteiger partial charge is 1.00 e. The quantitative estimate of drug-likeness (QED) is 0.363. The summed E-state index contributed by atoms with van der Waals surface area (Å²) in [6.45, 7) is 0.966. The monoisotopic (exact) mass is 547 g/mol. The molecule has 4 atom stereocenters. The van der Waals surface area contributed by atoms with E-state index in [1.54, 1.807) is 0 Å². The molecule has 0 saturated heterocycles. The van der Waals surface area contributed by atoms with E-state index in [0.29, 0.717) is 27.6 Å². The van der Waals surface area contributed by atoms with Crippen LogP contribution in [-0.4, -0.2) is 41.8 Å². The normalized spacial score (nSPS) is 24.5. The van der Waals surface area contributed by atoms with E-state index in [-0.39, 0.29) is 23.1 Å². The van der Waals surface area contributed by atoms with Crippen LogP contribution in [0.15, 0.2) is 65.4 Å². The van der Waals surface area contributed by atoms with Crippen LogP contribution >= 0.6 is 22.7 Å². The highest BCUT2D eigenvalue weighted by Crippen LogP contribution is 2.51. The molecule has 33 heavy (non-hydrogen) atoms. The summed E-state index contributed by atoms with van der Waals surface area (Å²) in [5.74, 6) is 0.346. The van der Waals surface area contributed by atoms with Crippen LogP contribution in [0, 0.1) is 11.8 Å².